The van der Waals surface area contributed by atoms with Gasteiger partial charge in [0.1, 0.15) is 11.5 Å². The first-order valence-corrected chi connectivity index (χ1v) is 7.53. The molecule has 0 aliphatic rings. The first-order valence-electron chi connectivity index (χ1n) is 5.71. The topological polar surface area (TPSA) is 61.4 Å². The fourth-order valence-corrected chi connectivity index (χ4v) is 2.66. The molecule has 0 aromatic heterocycles. The van der Waals surface area contributed by atoms with Gasteiger partial charge in [0.05, 0.1) is 5.02 Å². The lowest BCUT2D eigenvalue weighted by Gasteiger charge is -2.19. The van der Waals surface area contributed by atoms with Crippen LogP contribution in [0.15, 0.2) is 18.2 Å². The van der Waals surface area contributed by atoms with Gasteiger partial charge in [-0.25, -0.2) is 4.39 Å². The zero-order valence-corrected chi connectivity index (χ0v) is 12.4. The fraction of sp³-hybridized carbons (Fsp3) is 0.455. The number of hydrogen-bond acceptors (Lipinski definition) is 3. The molecule has 1 aromatic rings. The van der Waals surface area contributed by atoms with Gasteiger partial charge in [-0.05, 0) is 32.1 Å². The largest absolute Gasteiger partial charge is 0.320 e. The normalized spacial score (nSPS) is 11.8. The molecule has 0 fully saturated rings. The van der Waals surface area contributed by atoms with Gasteiger partial charge < -0.3 is 5.32 Å². The van der Waals surface area contributed by atoms with Gasteiger partial charge >= 0.3 is 10.2 Å². The Labute approximate surface area is 117 Å². The van der Waals surface area contributed by atoms with Crippen molar-refractivity contribution in [1.82, 2.24) is 9.62 Å². The maximum atomic E-state index is 13.5. The highest BCUT2D eigenvalue weighted by atomic mass is 35.5. The van der Waals surface area contributed by atoms with Crippen LogP contribution in [0.4, 0.5) is 10.1 Å². The summed E-state index contributed by atoms with van der Waals surface area (Å²) in [6.07, 6.45) is 0.652. The Balaban J connectivity index is 2.79. The number of halogens is 2. The van der Waals surface area contributed by atoms with Crippen molar-refractivity contribution in [3.05, 3.63) is 29.0 Å². The van der Waals surface area contributed by atoms with E-state index in [0.717, 1.165) is 10.4 Å². The van der Waals surface area contributed by atoms with E-state index in [1.54, 1.807) is 7.05 Å². The molecule has 19 heavy (non-hydrogen) atoms. The minimum absolute atomic E-state index is 0.0206. The van der Waals surface area contributed by atoms with Gasteiger partial charge in [0.25, 0.3) is 0 Å². The summed E-state index contributed by atoms with van der Waals surface area (Å²) in [7, 11) is -0.601. The van der Waals surface area contributed by atoms with E-state index >= 15 is 0 Å². The summed E-state index contributed by atoms with van der Waals surface area (Å²) in [5.41, 5.74) is -0.232. The first kappa shape index (κ1) is 16.2. The summed E-state index contributed by atoms with van der Waals surface area (Å²) in [6, 6.07) is 3.97. The van der Waals surface area contributed by atoms with Crippen LogP contribution < -0.4 is 10.0 Å². The summed E-state index contributed by atoms with van der Waals surface area (Å²) in [5, 5.41) is 2.94. The Hall–Kier alpha value is -0.890. The second kappa shape index (κ2) is 7.04. The van der Waals surface area contributed by atoms with Crippen molar-refractivity contribution in [2.75, 3.05) is 31.9 Å². The standard InChI is InChI=1S/C11H17ClFN3O2S/c1-14-7-4-8-16(2)19(17,18)15-11-9(12)5-3-6-10(11)13/h3,5-6,14-15H,4,7-8H2,1-2H3. The average molecular weight is 310 g/mol. The highest BCUT2D eigenvalue weighted by Gasteiger charge is 2.20. The minimum atomic E-state index is -3.81. The molecule has 108 valence electrons. The second-order valence-corrected chi connectivity index (χ2v) is 6.17. The van der Waals surface area contributed by atoms with Gasteiger partial charge in [0.15, 0.2) is 0 Å². The maximum absolute atomic E-state index is 13.5. The van der Waals surface area contributed by atoms with Crippen molar-refractivity contribution in [3.8, 4) is 0 Å². The van der Waals surface area contributed by atoms with Crippen LogP contribution in [0, 0.1) is 5.82 Å². The Bertz CT molecular complexity index is 504. The van der Waals surface area contributed by atoms with E-state index in [-0.39, 0.29) is 10.7 Å². The lowest BCUT2D eigenvalue weighted by atomic mass is 10.3. The van der Waals surface area contributed by atoms with Crippen molar-refractivity contribution in [3.63, 3.8) is 0 Å². The maximum Gasteiger partial charge on any atom is 0.301 e. The van der Waals surface area contributed by atoms with E-state index in [4.69, 9.17) is 11.6 Å². The zero-order valence-electron chi connectivity index (χ0n) is 10.8. The number of nitrogens with zero attached hydrogens (tertiary/aromatic N) is 1. The van der Waals surface area contributed by atoms with Crippen LogP contribution in [0.1, 0.15) is 6.42 Å². The number of para-hydroxylation sites is 1. The van der Waals surface area contributed by atoms with Crippen LogP contribution >= 0.6 is 11.6 Å². The molecule has 2 N–H and O–H groups in total. The van der Waals surface area contributed by atoms with Gasteiger partial charge in [-0.15, -0.1) is 0 Å². The highest BCUT2D eigenvalue weighted by Crippen LogP contribution is 2.25. The molecule has 0 radical (unpaired) electrons. The van der Waals surface area contributed by atoms with Crippen LogP contribution in [0.5, 0.6) is 0 Å². The quantitative estimate of drug-likeness (QED) is 0.753. The highest BCUT2D eigenvalue weighted by molar-refractivity contribution is 7.90. The van der Waals surface area contributed by atoms with Crippen LogP contribution in [0.2, 0.25) is 5.02 Å². The van der Waals surface area contributed by atoms with Crippen molar-refractivity contribution >= 4 is 27.5 Å². The summed E-state index contributed by atoms with van der Waals surface area (Å²) >= 11 is 5.77. The predicted molar refractivity (Wildman–Crippen MR) is 75.1 cm³/mol. The lowest BCUT2D eigenvalue weighted by molar-refractivity contribution is 0.462. The Morgan fingerprint density at radius 1 is 1.42 bits per heavy atom. The average Bonchev–Trinajstić information content (AvgIpc) is 2.34. The van der Waals surface area contributed by atoms with Gasteiger partial charge in [-0.1, -0.05) is 17.7 Å². The molecule has 1 rings (SSSR count). The van der Waals surface area contributed by atoms with Crippen molar-refractivity contribution in [2.45, 2.75) is 6.42 Å². The zero-order chi connectivity index (χ0) is 14.5. The van der Waals surface area contributed by atoms with Crippen molar-refractivity contribution < 1.29 is 12.8 Å². The number of hydrogen-bond donors (Lipinski definition) is 2. The molecule has 0 heterocycles. The number of nitrogens with one attached hydrogen (secondary N) is 2. The summed E-state index contributed by atoms with van der Waals surface area (Å²) in [6.45, 7) is 1.02. The molecule has 0 aliphatic heterocycles. The molecule has 0 bridgehead atoms. The first-order chi connectivity index (χ1) is 8.88. The van der Waals surface area contributed by atoms with Crippen LogP contribution in [0.3, 0.4) is 0 Å². The van der Waals surface area contributed by atoms with Crippen molar-refractivity contribution in [1.29, 1.82) is 0 Å². The van der Waals surface area contributed by atoms with Gasteiger partial charge in [0, 0.05) is 13.6 Å². The van der Waals surface area contributed by atoms with E-state index in [2.05, 4.69) is 10.0 Å². The molecule has 0 amide bonds. The monoisotopic (exact) mass is 309 g/mol. The summed E-state index contributed by atoms with van der Waals surface area (Å²) in [4.78, 5) is 0. The van der Waals surface area contributed by atoms with E-state index in [9.17, 15) is 12.8 Å². The Morgan fingerprint density at radius 3 is 2.68 bits per heavy atom. The van der Waals surface area contributed by atoms with Crippen LogP contribution in [0.25, 0.3) is 0 Å². The summed E-state index contributed by atoms with van der Waals surface area (Å²) in [5.74, 6) is -0.709. The molecule has 0 spiro atoms. The van der Waals surface area contributed by atoms with E-state index in [1.807, 2.05) is 0 Å². The molecule has 1 aromatic carbocycles. The molecular formula is C11H17ClFN3O2S. The molecule has 5 nitrogen and oxygen atoms in total. The lowest BCUT2D eigenvalue weighted by Crippen LogP contribution is -2.34. The van der Waals surface area contributed by atoms with E-state index in [0.29, 0.717) is 19.5 Å². The second-order valence-electron chi connectivity index (χ2n) is 3.98. The van der Waals surface area contributed by atoms with Gasteiger partial charge in [-0.2, -0.15) is 12.7 Å². The third kappa shape index (κ3) is 4.61. The number of anilines is 1. The molecule has 8 heteroatoms. The molecule has 0 aliphatic carbocycles. The molecule has 0 saturated heterocycles. The fourth-order valence-electron chi connectivity index (χ4n) is 1.40. The predicted octanol–water partition coefficient (Wildman–Crippen LogP) is 1.68. The number of rotatable bonds is 7. The van der Waals surface area contributed by atoms with Crippen LogP contribution in [-0.2, 0) is 10.2 Å². The summed E-state index contributed by atoms with van der Waals surface area (Å²) < 4.78 is 40.7. The molecular weight excluding hydrogens is 293 g/mol. The Kier molecular flexibility index (Phi) is 5.99. The SMILES string of the molecule is CNCCCN(C)S(=O)(=O)Nc1c(F)cccc1Cl. The minimum Gasteiger partial charge on any atom is -0.320 e. The number of benzene rings is 1. The van der Waals surface area contributed by atoms with E-state index < -0.39 is 16.0 Å². The van der Waals surface area contributed by atoms with E-state index in [1.165, 1.54) is 19.2 Å². The Morgan fingerprint density at radius 2 is 2.11 bits per heavy atom. The van der Waals surface area contributed by atoms with Crippen molar-refractivity contribution in [2.24, 2.45) is 0 Å². The van der Waals surface area contributed by atoms with Gasteiger partial charge in [0.2, 0.25) is 0 Å². The smallest absolute Gasteiger partial charge is 0.301 e. The van der Waals surface area contributed by atoms with Crippen LogP contribution in [-0.4, -0.2) is 39.9 Å². The third-order valence-electron chi connectivity index (χ3n) is 2.50. The van der Waals surface area contributed by atoms with Gasteiger partial charge in [-0.3, -0.25) is 4.72 Å². The third-order valence-corrected chi connectivity index (χ3v) is 4.28. The molecule has 0 unspecified atom stereocenters. The molecule has 0 atom stereocenters. The molecule has 0 saturated carbocycles.